The fraction of sp³-hybridized carbons (Fsp3) is 0.167. The van der Waals surface area contributed by atoms with Crippen molar-refractivity contribution in [3.63, 3.8) is 0 Å². The number of rotatable bonds is 1. The largest absolute Gasteiger partial charge is 0.464 e. The molecule has 2 aromatic heterocycles. The lowest BCUT2D eigenvalue weighted by molar-refractivity contribution is 0.619. The summed E-state index contributed by atoms with van der Waals surface area (Å²) < 4.78 is 7.70. The molecule has 0 bridgehead atoms. The summed E-state index contributed by atoms with van der Waals surface area (Å²) in [6, 6.07) is 8.37. The van der Waals surface area contributed by atoms with Gasteiger partial charge in [0.1, 0.15) is 5.58 Å². The minimum atomic E-state index is 0.995. The van der Waals surface area contributed by atoms with Gasteiger partial charge >= 0.3 is 0 Å². The lowest BCUT2D eigenvalue weighted by atomic mass is 10.2. The Balaban J connectivity index is 2.52. The Hall–Kier alpha value is -1.70. The normalized spacial score (nSPS) is 11.5. The van der Waals surface area contributed by atoms with Crippen molar-refractivity contribution < 1.29 is 4.42 Å². The highest BCUT2D eigenvalue weighted by Crippen LogP contribution is 2.26. The number of aryl methyl sites for hydroxylation is 1. The maximum Gasteiger partial charge on any atom is 0.143 e. The van der Waals surface area contributed by atoms with Crippen LogP contribution in [0.1, 0.15) is 6.92 Å². The predicted octanol–water partition coefficient (Wildman–Crippen LogP) is 3.41. The van der Waals surface area contributed by atoms with E-state index in [-0.39, 0.29) is 0 Å². The molecule has 14 heavy (non-hydrogen) atoms. The second-order valence-electron chi connectivity index (χ2n) is 3.44. The summed E-state index contributed by atoms with van der Waals surface area (Å²) in [4.78, 5) is 0. The molecule has 0 radical (unpaired) electrons. The number of aromatic nitrogens is 1. The van der Waals surface area contributed by atoms with Gasteiger partial charge in [0.15, 0.2) is 0 Å². The molecule has 3 rings (SSSR count). The number of hydrogen-bond donors (Lipinski definition) is 0. The molecular weight excluding hydrogens is 174 g/mol. The van der Waals surface area contributed by atoms with E-state index in [0.717, 1.165) is 12.1 Å². The van der Waals surface area contributed by atoms with E-state index < -0.39 is 0 Å². The highest BCUT2D eigenvalue weighted by molar-refractivity contribution is 6.03. The zero-order chi connectivity index (χ0) is 9.54. The van der Waals surface area contributed by atoms with Crippen LogP contribution in [0.3, 0.4) is 0 Å². The highest BCUT2D eigenvalue weighted by Gasteiger charge is 2.05. The van der Waals surface area contributed by atoms with E-state index in [1.807, 2.05) is 6.07 Å². The van der Waals surface area contributed by atoms with Gasteiger partial charge in [0, 0.05) is 23.5 Å². The third-order valence-corrected chi connectivity index (χ3v) is 2.71. The molecule has 0 amide bonds. The number of hydrogen-bond acceptors (Lipinski definition) is 1. The Kier molecular flexibility index (Phi) is 1.45. The molecule has 2 nitrogen and oxygen atoms in total. The van der Waals surface area contributed by atoms with Crippen LogP contribution < -0.4 is 0 Å². The van der Waals surface area contributed by atoms with E-state index >= 15 is 0 Å². The van der Waals surface area contributed by atoms with Gasteiger partial charge in [-0.05, 0) is 31.2 Å². The highest BCUT2D eigenvalue weighted by atomic mass is 16.3. The molecule has 0 aliphatic carbocycles. The van der Waals surface area contributed by atoms with Crippen LogP contribution in [-0.4, -0.2) is 4.57 Å². The van der Waals surface area contributed by atoms with Crippen LogP contribution in [-0.2, 0) is 6.54 Å². The summed E-state index contributed by atoms with van der Waals surface area (Å²) in [6.07, 6.45) is 3.85. The lowest BCUT2D eigenvalue weighted by Crippen LogP contribution is -1.89. The maximum absolute atomic E-state index is 5.48. The molecule has 0 fully saturated rings. The standard InChI is InChI=1S/C12H11NO/c1-2-13-7-5-10-11(13)4-3-9-6-8-14-12(9)10/h3-8H,2H2,1H3. The van der Waals surface area contributed by atoms with Gasteiger partial charge in [-0.3, -0.25) is 0 Å². The van der Waals surface area contributed by atoms with Crippen molar-refractivity contribution in [3.8, 4) is 0 Å². The summed E-state index contributed by atoms with van der Waals surface area (Å²) in [5.41, 5.74) is 2.24. The minimum absolute atomic E-state index is 0.995. The topological polar surface area (TPSA) is 18.1 Å². The lowest BCUT2D eigenvalue weighted by Gasteiger charge is -1.99. The maximum atomic E-state index is 5.48. The molecule has 0 N–H and O–H groups in total. The summed E-state index contributed by atoms with van der Waals surface area (Å²) in [7, 11) is 0. The van der Waals surface area contributed by atoms with Crippen molar-refractivity contribution in [1.29, 1.82) is 0 Å². The van der Waals surface area contributed by atoms with Gasteiger partial charge < -0.3 is 8.98 Å². The molecule has 0 spiro atoms. The fourth-order valence-corrected chi connectivity index (χ4v) is 1.98. The zero-order valence-electron chi connectivity index (χ0n) is 8.03. The van der Waals surface area contributed by atoms with Crippen LogP contribution in [0.25, 0.3) is 21.9 Å². The van der Waals surface area contributed by atoms with E-state index in [2.05, 4.69) is 35.9 Å². The van der Waals surface area contributed by atoms with Gasteiger partial charge in [-0.2, -0.15) is 0 Å². The van der Waals surface area contributed by atoms with Crippen molar-refractivity contribution in [2.75, 3.05) is 0 Å². The van der Waals surface area contributed by atoms with Crippen molar-refractivity contribution >= 4 is 21.9 Å². The van der Waals surface area contributed by atoms with Gasteiger partial charge in [-0.1, -0.05) is 0 Å². The van der Waals surface area contributed by atoms with Crippen LogP contribution in [0.4, 0.5) is 0 Å². The second-order valence-corrected chi connectivity index (χ2v) is 3.44. The Morgan fingerprint density at radius 2 is 2.14 bits per heavy atom. The van der Waals surface area contributed by atoms with Gasteiger partial charge in [0.25, 0.3) is 0 Å². The third-order valence-electron chi connectivity index (χ3n) is 2.71. The van der Waals surface area contributed by atoms with E-state index in [0.29, 0.717) is 0 Å². The molecule has 0 atom stereocenters. The van der Waals surface area contributed by atoms with Crippen LogP contribution in [0.15, 0.2) is 41.1 Å². The Bertz CT molecular complexity index is 588. The van der Waals surface area contributed by atoms with Crippen molar-refractivity contribution in [2.24, 2.45) is 0 Å². The molecule has 0 unspecified atom stereocenters. The van der Waals surface area contributed by atoms with Crippen LogP contribution in [0, 0.1) is 0 Å². The summed E-state index contributed by atoms with van der Waals surface area (Å²) in [5.74, 6) is 0. The first-order chi connectivity index (χ1) is 6.90. The van der Waals surface area contributed by atoms with Gasteiger partial charge in [0.2, 0.25) is 0 Å². The first-order valence-corrected chi connectivity index (χ1v) is 4.85. The van der Waals surface area contributed by atoms with Gasteiger partial charge in [0.05, 0.1) is 11.8 Å². The molecule has 0 saturated carbocycles. The SMILES string of the molecule is CCn1ccc2c3occc3ccc21. The number of benzene rings is 1. The summed E-state index contributed by atoms with van der Waals surface area (Å²) in [5, 5.41) is 2.38. The number of fused-ring (bicyclic) bond motifs is 3. The molecule has 0 aliphatic heterocycles. The van der Waals surface area contributed by atoms with Crippen LogP contribution >= 0.6 is 0 Å². The van der Waals surface area contributed by atoms with E-state index in [4.69, 9.17) is 4.42 Å². The smallest absolute Gasteiger partial charge is 0.143 e. The van der Waals surface area contributed by atoms with Crippen molar-refractivity contribution in [2.45, 2.75) is 13.5 Å². The quantitative estimate of drug-likeness (QED) is 0.568. The molecular formula is C12H11NO. The van der Waals surface area contributed by atoms with Gasteiger partial charge in [-0.15, -0.1) is 0 Å². The average Bonchev–Trinajstić information content (AvgIpc) is 2.82. The van der Waals surface area contributed by atoms with Crippen LogP contribution in [0.2, 0.25) is 0 Å². The minimum Gasteiger partial charge on any atom is -0.464 e. The van der Waals surface area contributed by atoms with Crippen molar-refractivity contribution in [3.05, 3.63) is 36.7 Å². The molecule has 1 aromatic carbocycles. The zero-order valence-corrected chi connectivity index (χ0v) is 8.03. The summed E-state index contributed by atoms with van der Waals surface area (Å²) in [6.45, 7) is 3.14. The number of furan rings is 1. The summed E-state index contributed by atoms with van der Waals surface area (Å²) >= 11 is 0. The van der Waals surface area contributed by atoms with Gasteiger partial charge in [-0.25, -0.2) is 0 Å². The Morgan fingerprint density at radius 1 is 1.21 bits per heavy atom. The monoisotopic (exact) mass is 185 g/mol. The number of nitrogens with zero attached hydrogens (tertiary/aromatic N) is 1. The molecule has 2 heterocycles. The van der Waals surface area contributed by atoms with Crippen LogP contribution in [0.5, 0.6) is 0 Å². The molecule has 0 saturated heterocycles. The Morgan fingerprint density at radius 3 is 3.00 bits per heavy atom. The first-order valence-electron chi connectivity index (χ1n) is 4.85. The van der Waals surface area contributed by atoms with Crippen molar-refractivity contribution in [1.82, 2.24) is 4.57 Å². The third kappa shape index (κ3) is 0.854. The molecule has 2 heteroatoms. The fourth-order valence-electron chi connectivity index (χ4n) is 1.98. The van der Waals surface area contributed by atoms with E-state index in [9.17, 15) is 0 Å². The van der Waals surface area contributed by atoms with E-state index in [1.54, 1.807) is 6.26 Å². The van der Waals surface area contributed by atoms with E-state index in [1.165, 1.54) is 16.3 Å². The second kappa shape index (κ2) is 2.64. The molecule has 3 aromatic rings. The predicted molar refractivity (Wildman–Crippen MR) is 57.4 cm³/mol. The molecule has 0 aliphatic rings. The Labute approximate surface area is 81.7 Å². The molecule has 70 valence electrons. The first kappa shape index (κ1) is 7.68. The average molecular weight is 185 g/mol.